The molecule has 1 aromatic rings. The van der Waals surface area contributed by atoms with E-state index in [0.29, 0.717) is 12.2 Å². The van der Waals surface area contributed by atoms with Crippen molar-refractivity contribution in [1.82, 2.24) is 0 Å². The Morgan fingerprint density at radius 3 is 2.60 bits per heavy atom. The van der Waals surface area contributed by atoms with E-state index in [-0.39, 0.29) is 10.6 Å². The van der Waals surface area contributed by atoms with Crippen molar-refractivity contribution in [2.24, 2.45) is 10.9 Å². The van der Waals surface area contributed by atoms with Crippen LogP contribution >= 0.6 is 0 Å². The lowest BCUT2D eigenvalue weighted by atomic mass is 10.1. The van der Waals surface area contributed by atoms with E-state index < -0.39 is 22.0 Å². The third-order valence-electron chi connectivity index (χ3n) is 2.69. The summed E-state index contributed by atoms with van der Waals surface area (Å²) >= 11 is 0. The van der Waals surface area contributed by atoms with Crippen LogP contribution in [0, 0.1) is 0 Å². The molecule has 0 spiro atoms. The molecule has 7 nitrogen and oxygen atoms in total. The van der Waals surface area contributed by atoms with Crippen LogP contribution in [-0.4, -0.2) is 27.5 Å². The fraction of sp³-hybridized carbons (Fsp3) is 0.417. The molecule has 0 radical (unpaired) electrons. The summed E-state index contributed by atoms with van der Waals surface area (Å²) in [6.45, 7) is 1.91. The molecule has 0 saturated carbocycles. The molecule has 0 bridgehead atoms. The van der Waals surface area contributed by atoms with Crippen LogP contribution in [0.5, 0.6) is 5.75 Å². The number of primary sulfonamides is 1. The summed E-state index contributed by atoms with van der Waals surface area (Å²) in [6.07, 6.45) is 1.30. The topological polar surface area (TPSA) is 125 Å². The number of amides is 1. The van der Waals surface area contributed by atoms with Crippen LogP contribution in [0.2, 0.25) is 0 Å². The fourth-order valence-corrected chi connectivity index (χ4v) is 2.17. The van der Waals surface area contributed by atoms with Crippen LogP contribution in [0.3, 0.4) is 0 Å². The number of anilines is 1. The average molecular weight is 301 g/mol. The highest BCUT2D eigenvalue weighted by Gasteiger charge is 2.17. The summed E-state index contributed by atoms with van der Waals surface area (Å²) in [5, 5.41) is 7.60. The van der Waals surface area contributed by atoms with Gasteiger partial charge in [-0.1, -0.05) is 13.3 Å². The van der Waals surface area contributed by atoms with Crippen molar-refractivity contribution < 1.29 is 17.9 Å². The standard InChI is InChI=1S/C12H19N3O4S/c1-3-4-9(13)12(16)15-10-7-8(20(14,17)18)5-6-11(10)19-2/h5-7,9H,3-4,13H2,1-2H3,(H,15,16)(H2,14,17,18). The molecule has 1 amide bonds. The van der Waals surface area contributed by atoms with Crippen molar-refractivity contribution in [2.75, 3.05) is 12.4 Å². The molecule has 0 saturated heterocycles. The number of ether oxygens (including phenoxy) is 1. The first-order chi connectivity index (χ1) is 9.29. The maximum Gasteiger partial charge on any atom is 0.241 e. The summed E-state index contributed by atoms with van der Waals surface area (Å²) in [5.41, 5.74) is 5.91. The third-order valence-corrected chi connectivity index (χ3v) is 3.60. The predicted molar refractivity (Wildman–Crippen MR) is 75.9 cm³/mol. The van der Waals surface area contributed by atoms with E-state index in [9.17, 15) is 13.2 Å². The molecule has 1 rings (SSSR count). The molecule has 0 aliphatic carbocycles. The number of sulfonamides is 1. The van der Waals surface area contributed by atoms with E-state index in [4.69, 9.17) is 15.6 Å². The number of rotatable bonds is 6. The van der Waals surface area contributed by atoms with Gasteiger partial charge in [-0.05, 0) is 24.6 Å². The highest BCUT2D eigenvalue weighted by Crippen LogP contribution is 2.27. The maximum atomic E-state index is 11.9. The maximum absolute atomic E-state index is 11.9. The Bertz CT molecular complexity index is 586. The van der Waals surface area contributed by atoms with E-state index in [1.54, 1.807) is 0 Å². The van der Waals surface area contributed by atoms with Gasteiger partial charge in [0.2, 0.25) is 15.9 Å². The minimum Gasteiger partial charge on any atom is -0.495 e. The Balaban J connectivity index is 3.06. The Morgan fingerprint density at radius 1 is 1.45 bits per heavy atom. The average Bonchev–Trinajstić information content (AvgIpc) is 2.37. The Hall–Kier alpha value is -1.64. The zero-order valence-electron chi connectivity index (χ0n) is 11.4. The quantitative estimate of drug-likeness (QED) is 0.701. The number of hydrogen-bond donors (Lipinski definition) is 3. The van der Waals surface area contributed by atoms with E-state index in [0.717, 1.165) is 6.42 Å². The van der Waals surface area contributed by atoms with Gasteiger partial charge in [-0.2, -0.15) is 0 Å². The SMILES string of the molecule is CCCC(N)C(=O)Nc1cc(S(N)(=O)=O)ccc1OC. The summed E-state index contributed by atoms with van der Waals surface area (Å²) in [5.74, 6) is -0.0776. The van der Waals surface area contributed by atoms with Gasteiger partial charge in [-0.3, -0.25) is 4.79 Å². The van der Waals surface area contributed by atoms with Crippen LogP contribution in [0.25, 0.3) is 0 Å². The van der Waals surface area contributed by atoms with Crippen molar-refractivity contribution in [3.8, 4) is 5.75 Å². The van der Waals surface area contributed by atoms with E-state index in [1.165, 1.54) is 25.3 Å². The lowest BCUT2D eigenvalue weighted by molar-refractivity contribution is -0.117. The molecule has 112 valence electrons. The number of carbonyl (C=O) groups excluding carboxylic acids is 1. The van der Waals surface area contributed by atoms with Gasteiger partial charge >= 0.3 is 0 Å². The molecule has 1 aromatic carbocycles. The van der Waals surface area contributed by atoms with Crippen molar-refractivity contribution in [3.63, 3.8) is 0 Å². The Labute approximate surface area is 118 Å². The highest BCUT2D eigenvalue weighted by molar-refractivity contribution is 7.89. The van der Waals surface area contributed by atoms with Crippen LogP contribution in [0.15, 0.2) is 23.1 Å². The minimum atomic E-state index is -3.85. The molecular formula is C12H19N3O4S. The van der Waals surface area contributed by atoms with Crippen molar-refractivity contribution in [1.29, 1.82) is 0 Å². The van der Waals surface area contributed by atoms with Gasteiger partial charge < -0.3 is 15.8 Å². The molecular weight excluding hydrogens is 282 g/mol. The summed E-state index contributed by atoms with van der Waals surface area (Å²) in [7, 11) is -2.44. The molecule has 1 unspecified atom stereocenters. The van der Waals surface area contributed by atoms with Gasteiger partial charge in [0.15, 0.2) is 0 Å². The van der Waals surface area contributed by atoms with Crippen LogP contribution in [0.1, 0.15) is 19.8 Å². The largest absolute Gasteiger partial charge is 0.495 e. The number of carbonyl (C=O) groups is 1. The summed E-state index contributed by atoms with van der Waals surface area (Å²) in [4.78, 5) is 11.7. The van der Waals surface area contributed by atoms with Crippen molar-refractivity contribution in [2.45, 2.75) is 30.7 Å². The number of nitrogens with two attached hydrogens (primary N) is 2. The molecule has 0 heterocycles. The number of hydrogen-bond acceptors (Lipinski definition) is 5. The number of benzene rings is 1. The van der Waals surface area contributed by atoms with E-state index >= 15 is 0 Å². The molecule has 0 aromatic heterocycles. The third kappa shape index (κ3) is 4.19. The fourth-order valence-electron chi connectivity index (χ4n) is 1.63. The van der Waals surface area contributed by atoms with Crippen LogP contribution < -0.4 is 20.9 Å². The minimum absolute atomic E-state index is 0.113. The first-order valence-electron chi connectivity index (χ1n) is 6.07. The summed E-state index contributed by atoms with van der Waals surface area (Å²) in [6, 6.07) is 3.30. The Morgan fingerprint density at radius 2 is 2.10 bits per heavy atom. The molecule has 0 aliphatic rings. The molecule has 5 N–H and O–H groups in total. The van der Waals surface area contributed by atoms with Crippen molar-refractivity contribution in [3.05, 3.63) is 18.2 Å². The second-order valence-electron chi connectivity index (χ2n) is 4.29. The smallest absolute Gasteiger partial charge is 0.241 e. The lowest BCUT2D eigenvalue weighted by Crippen LogP contribution is -2.35. The summed E-state index contributed by atoms with van der Waals surface area (Å²) < 4.78 is 27.7. The van der Waals surface area contributed by atoms with Gasteiger partial charge in [-0.15, -0.1) is 0 Å². The molecule has 8 heteroatoms. The first kappa shape index (κ1) is 16.4. The van der Waals surface area contributed by atoms with Crippen LogP contribution in [-0.2, 0) is 14.8 Å². The van der Waals surface area contributed by atoms with Gasteiger partial charge in [0.1, 0.15) is 5.75 Å². The zero-order chi connectivity index (χ0) is 15.3. The zero-order valence-corrected chi connectivity index (χ0v) is 12.2. The van der Waals surface area contributed by atoms with Gasteiger partial charge in [0.05, 0.1) is 23.7 Å². The molecule has 1 atom stereocenters. The Kier molecular flexibility index (Phi) is 5.49. The molecule has 0 aliphatic heterocycles. The lowest BCUT2D eigenvalue weighted by Gasteiger charge is -2.14. The van der Waals surface area contributed by atoms with Crippen molar-refractivity contribution >= 4 is 21.6 Å². The molecule has 20 heavy (non-hydrogen) atoms. The van der Waals surface area contributed by atoms with Gasteiger partial charge in [0.25, 0.3) is 0 Å². The number of nitrogens with one attached hydrogen (secondary N) is 1. The van der Waals surface area contributed by atoms with E-state index in [1.807, 2.05) is 6.92 Å². The normalized spacial score (nSPS) is 12.8. The van der Waals surface area contributed by atoms with Gasteiger partial charge in [0, 0.05) is 0 Å². The predicted octanol–water partition coefficient (Wildman–Crippen LogP) is 0.409. The molecule has 0 fully saturated rings. The highest BCUT2D eigenvalue weighted by atomic mass is 32.2. The second kappa shape index (κ2) is 6.69. The van der Waals surface area contributed by atoms with E-state index in [2.05, 4.69) is 5.32 Å². The second-order valence-corrected chi connectivity index (χ2v) is 5.85. The first-order valence-corrected chi connectivity index (χ1v) is 7.61. The monoisotopic (exact) mass is 301 g/mol. The van der Waals surface area contributed by atoms with Gasteiger partial charge in [-0.25, -0.2) is 13.6 Å². The van der Waals surface area contributed by atoms with Crippen LogP contribution in [0.4, 0.5) is 5.69 Å². The number of methoxy groups -OCH3 is 1.